The first-order valence-electron chi connectivity index (χ1n) is 10.1. The van der Waals surface area contributed by atoms with Crippen LogP contribution in [0.4, 0.5) is 8.78 Å². The predicted octanol–water partition coefficient (Wildman–Crippen LogP) is 3.89. The van der Waals surface area contributed by atoms with E-state index in [-0.39, 0.29) is 20.5 Å². The molecular weight excluding hydrogens is 458 g/mol. The van der Waals surface area contributed by atoms with Crippen LogP contribution in [0, 0.1) is 11.3 Å². The summed E-state index contributed by atoms with van der Waals surface area (Å²) in [6.07, 6.45) is 1.57. The van der Waals surface area contributed by atoms with Gasteiger partial charge >= 0.3 is 6.61 Å². The maximum Gasteiger partial charge on any atom is 0.387 e. The fourth-order valence-corrected chi connectivity index (χ4v) is 4.39. The van der Waals surface area contributed by atoms with Crippen LogP contribution in [0.5, 0.6) is 5.75 Å². The van der Waals surface area contributed by atoms with Gasteiger partial charge in [0.1, 0.15) is 22.1 Å². The monoisotopic (exact) mass is 474 g/mol. The number of benzene rings is 3. The molecule has 1 aromatic heterocycles. The molecule has 0 spiro atoms. The van der Waals surface area contributed by atoms with Crippen molar-refractivity contribution in [2.45, 2.75) is 6.61 Å². The fraction of sp³-hybridized carbons (Fsp3) is 0.0385. The van der Waals surface area contributed by atoms with Crippen molar-refractivity contribution in [3.63, 3.8) is 0 Å². The minimum atomic E-state index is -2.94. The Morgan fingerprint density at radius 1 is 0.971 bits per heavy atom. The van der Waals surface area contributed by atoms with E-state index in [4.69, 9.17) is 0 Å². The first-order valence-corrected chi connectivity index (χ1v) is 10.9. The number of hydrogen-bond donors (Lipinski definition) is 0. The number of ether oxygens (including phenoxy) is 1. The van der Waals surface area contributed by atoms with Crippen LogP contribution >= 0.6 is 11.3 Å². The van der Waals surface area contributed by atoms with Crippen LogP contribution in [0.3, 0.4) is 0 Å². The number of ketones is 1. The molecule has 0 aliphatic heterocycles. The van der Waals surface area contributed by atoms with Gasteiger partial charge in [-0.2, -0.15) is 14.0 Å². The summed E-state index contributed by atoms with van der Waals surface area (Å²) in [5, 5.41) is 9.87. The first kappa shape index (κ1) is 22.8. The summed E-state index contributed by atoms with van der Waals surface area (Å²) in [4.78, 5) is 26.5. The number of rotatable bonds is 6. The lowest BCUT2D eigenvalue weighted by Crippen LogP contribution is -2.31. The van der Waals surface area contributed by atoms with Crippen molar-refractivity contribution < 1.29 is 18.3 Å². The second kappa shape index (κ2) is 10.1. The van der Waals surface area contributed by atoms with Crippen LogP contribution in [0.2, 0.25) is 0 Å². The third kappa shape index (κ3) is 4.85. The molecule has 0 atom stereocenters. The molecular formula is C26H16F2N2O3S. The highest BCUT2D eigenvalue weighted by atomic mass is 32.1. The largest absolute Gasteiger partial charge is 0.435 e. The SMILES string of the molecule is N#CC(C(=O)c1ccccc1)=c1sc(=Cc2ccc(OC(F)F)cc2)c(=O)n1-c1ccccc1. The fourth-order valence-electron chi connectivity index (χ4n) is 3.29. The second-order valence-electron chi connectivity index (χ2n) is 7.02. The molecule has 0 aliphatic carbocycles. The number of Topliss-reactive ketones (excluding diaryl/α,β-unsaturated/α-hetero) is 1. The van der Waals surface area contributed by atoms with Crippen molar-refractivity contribution in [1.29, 1.82) is 5.26 Å². The van der Waals surface area contributed by atoms with Gasteiger partial charge in [0.15, 0.2) is 0 Å². The highest BCUT2D eigenvalue weighted by molar-refractivity contribution is 7.07. The lowest BCUT2D eigenvalue weighted by atomic mass is 10.1. The molecule has 0 fully saturated rings. The zero-order valence-electron chi connectivity index (χ0n) is 17.5. The van der Waals surface area contributed by atoms with Crippen LogP contribution in [-0.2, 0) is 0 Å². The van der Waals surface area contributed by atoms with Crippen LogP contribution in [0.15, 0.2) is 89.7 Å². The van der Waals surface area contributed by atoms with E-state index in [0.717, 1.165) is 11.3 Å². The number of halogens is 2. The van der Waals surface area contributed by atoms with Crippen molar-refractivity contribution in [3.05, 3.63) is 116 Å². The van der Waals surface area contributed by atoms with Crippen molar-refractivity contribution in [3.8, 4) is 17.5 Å². The normalized spacial score (nSPS) is 12.4. The Kier molecular flexibility index (Phi) is 6.76. The molecule has 34 heavy (non-hydrogen) atoms. The van der Waals surface area contributed by atoms with E-state index < -0.39 is 18.0 Å². The highest BCUT2D eigenvalue weighted by Crippen LogP contribution is 2.15. The average molecular weight is 474 g/mol. The number of hydrogen-bond acceptors (Lipinski definition) is 5. The van der Waals surface area contributed by atoms with Crippen LogP contribution < -0.4 is 19.5 Å². The molecule has 1 heterocycles. The van der Waals surface area contributed by atoms with Gasteiger partial charge < -0.3 is 4.74 Å². The average Bonchev–Trinajstić information content (AvgIpc) is 3.17. The number of carbonyl (C=O) groups excluding carboxylic acids is 1. The van der Waals surface area contributed by atoms with E-state index in [9.17, 15) is 23.6 Å². The molecule has 4 aromatic rings. The minimum absolute atomic E-state index is 0.00530. The van der Waals surface area contributed by atoms with Gasteiger partial charge in [-0.3, -0.25) is 14.2 Å². The standard InChI is InChI=1S/C26H16F2N2O3S/c27-26(28)33-20-13-11-17(12-14-20)15-22-24(32)30(19-9-5-2-6-10-19)25(34-22)21(16-29)23(31)18-7-3-1-4-8-18/h1-15,26H. The zero-order chi connectivity index (χ0) is 24.1. The van der Waals surface area contributed by atoms with E-state index >= 15 is 0 Å². The Bertz CT molecular complexity index is 1540. The van der Waals surface area contributed by atoms with Gasteiger partial charge in [-0.25, -0.2) is 0 Å². The van der Waals surface area contributed by atoms with Gasteiger partial charge in [-0.15, -0.1) is 11.3 Å². The summed E-state index contributed by atoms with van der Waals surface area (Å²) in [5.74, 6) is -0.497. The van der Waals surface area contributed by atoms with Gasteiger partial charge in [0, 0.05) is 5.56 Å². The van der Waals surface area contributed by atoms with Crippen LogP contribution in [0.1, 0.15) is 15.9 Å². The Morgan fingerprint density at radius 2 is 1.59 bits per heavy atom. The Balaban J connectivity index is 1.94. The topological polar surface area (TPSA) is 72.1 Å². The summed E-state index contributed by atoms with van der Waals surface area (Å²) in [7, 11) is 0. The third-order valence-electron chi connectivity index (χ3n) is 4.83. The second-order valence-corrected chi connectivity index (χ2v) is 8.05. The Labute approximate surface area is 196 Å². The van der Waals surface area contributed by atoms with Gasteiger partial charge in [-0.05, 0) is 35.9 Å². The van der Waals surface area contributed by atoms with Crippen molar-refractivity contribution in [1.82, 2.24) is 4.57 Å². The number of nitrogens with zero attached hydrogens (tertiary/aromatic N) is 2. The molecule has 0 saturated heterocycles. The molecule has 8 heteroatoms. The quantitative estimate of drug-likeness (QED) is 0.398. The van der Waals surface area contributed by atoms with E-state index in [2.05, 4.69) is 4.74 Å². The number of thiazole rings is 1. The number of aromatic nitrogens is 1. The Hall–Kier alpha value is -4.35. The predicted molar refractivity (Wildman–Crippen MR) is 126 cm³/mol. The third-order valence-corrected chi connectivity index (χ3v) is 5.92. The molecule has 0 bridgehead atoms. The van der Waals surface area contributed by atoms with Crippen molar-refractivity contribution in [2.24, 2.45) is 0 Å². The smallest absolute Gasteiger partial charge is 0.387 e. The first-order chi connectivity index (χ1) is 16.5. The van der Waals surface area contributed by atoms with E-state index in [1.165, 1.54) is 28.8 Å². The van der Waals surface area contributed by atoms with E-state index in [1.807, 2.05) is 6.07 Å². The summed E-state index contributed by atoms with van der Waals surface area (Å²) >= 11 is 1.01. The maximum atomic E-state index is 13.4. The van der Waals surface area contributed by atoms with E-state index in [0.29, 0.717) is 16.8 Å². The highest BCUT2D eigenvalue weighted by Gasteiger charge is 2.18. The number of alkyl halides is 2. The summed E-state index contributed by atoms with van der Waals surface area (Å²) in [5.41, 5.74) is 0.845. The minimum Gasteiger partial charge on any atom is -0.435 e. The molecule has 3 aromatic carbocycles. The lowest BCUT2D eigenvalue weighted by molar-refractivity contribution is -0.0498. The molecule has 0 saturated carbocycles. The Morgan fingerprint density at radius 3 is 2.18 bits per heavy atom. The summed E-state index contributed by atoms with van der Waals surface area (Å²) in [6.45, 7) is -2.94. The van der Waals surface area contributed by atoms with Crippen molar-refractivity contribution in [2.75, 3.05) is 0 Å². The van der Waals surface area contributed by atoms with E-state index in [1.54, 1.807) is 66.7 Å². The van der Waals surface area contributed by atoms with Crippen molar-refractivity contribution >= 4 is 28.8 Å². The molecule has 0 amide bonds. The molecule has 0 N–H and O–H groups in total. The molecule has 5 nitrogen and oxygen atoms in total. The van der Waals surface area contributed by atoms with Gasteiger partial charge in [0.2, 0.25) is 5.78 Å². The van der Waals surface area contributed by atoms with Gasteiger partial charge in [0.25, 0.3) is 5.56 Å². The molecule has 168 valence electrons. The molecule has 0 radical (unpaired) electrons. The number of carbonyl (C=O) groups is 1. The molecule has 4 rings (SSSR count). The van der Waals surface area contributed by atoms with Gasteiger partial charge in [-0.1, -0.05) is 60.7 Å². The lowest BCUT2D eigenvalue weighted by Gasteiger charge is -2.03. The maximum absolute atomic E-state index is 13.4. The zero-order valence-corrected chi connectivity index (χ0v) is 18.3. The van der Waals surface area contributed by atoms with Gasteiger partial charge in [0.05, 0.1) is 10.2 Å². The van der Waals surface area contributed by atoms with Crippen LogP contribution in [-0.4, -0.2) is 17.0 Å². The van der Waals surface area contributed by atoms with Crippen LogP contribution in [0.25, 0.3) is 17.3 Å². The number of para-hydroxylation sites is 1. The summed E-state index contributed by atoms with van der Waals surface area (Å²) < 4.78 is 31.0. The summed E-state index contributed by atoms with van der Waals surface area (Å²) in [6, 6.07) is 24.9. The number of nitriles is 1. The molecule has 0 unspecified atom stereocenters. The molecule has 0 aliphatic rings.